The van der Waals surface area contributed by atoms with Crippen molar-refractivity contribution in [1.82, 2.24) is 9.80 Å². The Morgan fingerprint density at radius 3 is 2.24 bits per heavy atom. The van der Waals surface area contributed by atoms with Crippen molar-refractivity contribution in [3.63, 3.8) is 0 Å². The summed E-state index contributed by atoms with van der Waals surface area (Å²) in [5, 5.41) is 0. The quantitative estimate of drug-likeness (QED) is 0.831. The monoisotopic (exact) mass is 289 g/mol. The highest BCUT2D eigenvalue weighted by Crippen LogP contribution is 2.20. The molecular formula is C17H27N3O. The molecule has 0 atom stereocenters. The lowest BCUT2D eigenvalue weighted by Gasteiger charge is -2.29. The van der Waals surface area contributed by atoms with Gasteiger partial charge in [0, 0.05) is 39.4 Å². The minimum atomic E-state index is 0.141. The number of anilines is 1. The summed E-state index contributed by atoms with van der Waals surface area (Å²) in [4.78, 5) is 17.8. The number of carbonyl (C=O) groups excluding carboxylic acids is 1. The Kier molecular flexibility index (Phi) is 5.62. The molecule has 0 N–H and O–H groups in total. The van der Waals surface area contributed by atoms with Crippen molar-refractivity contribution in [3.8, 4) is 0 Å². The van der Waals surface area contributed by atoms with E-state index in [1.165, 1.54) is 43.6 Å². The molecule has 21 heavy (non-hydrogen) atoms. The van der Waals surface area contributed by atoms with E-state index in [9.17, 15) is 4.79 Å². The molecule has 1 amide bonds. The third kappa shape index (κ3) is 4.74. The Morgan fingerprint density at radius 1 is 1.05 bits per heavy atom. The molecule has 2 rings (SSSR count). The lowest BCUT2D eigenvalue weighted by atomic mass is 10.1. The first-order chi connectivity index (χ1) is 10.1. The smallest absolute Gasteiger partial charge is 0.236 e. The minimum Gasteiger partial charge on any atom is -0.372 e. The normalized spacial score (nSPS) is 15.3. The Hall–Kier alpha value is -1.55. The molecule has 1 aromatic rings. The van der Waals surface area contributed by atoms with Crippen molar-refractivity contribution in [2.75, 3.05) is 45.7 Å². The van der Waals surface area contributed by atoms with Crippen LogP contribution in [0.1, 0.15) is 24.8 Å². The van der Waals surface area contributed by atoms with E-state index in [1.54, 1.807) is 19.0 Å². The number of rotatable bonds is 5. The van der Waals surface area contributed by atoms with Crippen molar-refractivity contribution >= 4 is 11.6 Å². The van der Waals surface area contributed by atoms with Gasteiger partial charge in [-0.05, 0) is 44.0 Å². The molecule has 1 saturated heterocycles. The number of carbonyl (C=O) groups is 1. The standard InChI is InChI=1S/C17H27N3O/c1-18(2)17(21)14-19(3)13-15-7-9-16(10-8-15)20-11-5-4-6-12-20/h7-10H,4-6,11-14H2,1-3H3. The van der Waals surface area contributed by atoms with Gasteiger partial charge < -0.3 is 9.80 Å². The molecule has 0 aromatic heterocycles. The SMILES string of the molecule is CN(CC(=O)N(C)C)Cc1ccc(N2CCCCC2)cc1. The number of benzene rings is 1. The van der Waals surface area contributed by atoms with Gasteiger partial charge in [-0.25, -0.2) is 0 Å². The maximum absolute atomic E-state index is 11.7. The van der Waals surface area contributed by atoms with E-state index in [-0.39, 0.29) is 5.91 Å². The summed E-state index contributed by atoms with van der Waals surface area (Å²) in [6.45, 7) is 3.62. The van der Waals surface area contributed by atoms with Crippen LogP contribution in [0.5, 0.6) is 0 Å². The highest BCUT2D eigenvalue weighted by molar-refractivity contribution is 5.77. The zero-order valence-electron chi connectivity index (χ0n) is 13.5. The van der Waals surface area contributed by atoms with Gasteiger partial charge in [-0.3, -0.25) is 9.69 Å². The molecule has 4 heteroatoms. The Labute approximate surface area is 128 Å². The first-order valence-corrected chi connectivity index (χ1v) is 7.79. The lowest BCUT2D eigenvalue weighted by molar-refractivity contribution is -0.129. The molecule has 0 spiro atoms. The number of amides is 1. The van der Waals surface area contributed by atoms with Gasteiger partial charge in [0.25, 0.3) is 0 Å². The number of hydrogen-bond donors (Lipinski definition) is 0. The fraction of sp³-hybridized carbons (Fsp3) is 0.588. The van der Waals surface area contributed by atoms with Crippen LogP contribution in [0.25, 0.3) is 0 Å². The molecule has 1 fully saturated rings. The van der Waals surface area contributed by atoms with Crippen LogP contribution >= 0.6 is 0 Å². The molecule has 116 valence electrons. The second-order valence-electron chi connectivity index (χ2n) is 6.17. The molecule has 0 saturated carbocycles. The number of nitrogens with zero attached hydrogens (tertiary/aromatic N) is 3. The molecule has 1 aromatic carbocycles. The molecule has 0 aliphatic carbocycles. The minimum absolute atomic E-state index is 0.141. The van der Waals surface area contributed by atoms with Crippen LogP contribution < -0.4 is 4.90 Å². The molecule has 0 bridgehead atoms. The molecule has 1 aliphatic heterocycles. The van der Waals surface area contributed by atoms with Crippen molar-refractivity contribution in [2.24, 2.45) is 0 Å². The average molecular weight is 289 g/mol. The molecule has 0 unspecified atom stereocenters. The van der Waals surface area contributed by atoms with Gasteiger partial charge in [0.15, 0.2) is 0 Å². The Balaban J connectivity index is 1.88. The number of piperidine rings is 1. The van der Waals surface area contributed by atoms with E-state index in [0.717, 1.165) is 6.54 Å². The lowest BCUT2D eigenvalue weighted by Crippen LogP contribution is -2.34. The van der Waals surface area contributed by atoms with Crippen LogP contribution in [-0.4, -0.2) is 56.5 Å². The van der Waals surface area contributed by atoms with Crippen molar-refractivity contribution in [3.05, 3.63) is 29.8 Å². The second kappa shape index (κ2) is 7.46. The van der Waals surface area contributed by atoms with E-state index in [1.807, 2.05) is 7.05 Å². The van der Waals surface area contributed by atoms with E-state index in [2.05, 4.69) is 34.1 Å². The van der Waals surface area contributed by atoms with Gasteiger partial charge in [-0.15, -0.1) is 0 Å². The summed E-state index contributed by atoms with van der Waals surface area (Å²) in [5.74, 6) is 0.141. The maximum Gasteiger partial charge on any atom is 0.236 e. The van der Waals surface area contributed by atoms with Gasteiger partial charge in [0.2, 0.25) is 5.91 Å². The number of hydrogen-bond acceptors (Lipinski definition) is 3. The Morgan fingerprint density at radius 2 is 1.67 bits per heavy atom. The van der Waals surface area contributed by atoms with Crippen molar-refractivity contribution in [1.29, 1.82) is 0 Å². The highest BCUT2D eigenvalue weighted by Gasteiger charge is 2.11. The first kappa shape index (κ1) is 15.8. The maximum atomic E-state index is 11.7. The molecular weight excluding hydrogens is 262 g/mol. The fourth-order valence-corrected chi connectivity index (χ4v) is 2.70. The van der Waals surface area contributed by atoms with Gasteiger partial charge >= 0.3 is 0 Å². The predicted octanol–water partition coefficient (Wildman–Crippen LogP) is 2.20. The first-order valence-electron chi connectivity index (χ1n) is 7.79. The predicted molar refractivity (Wildman–Crippen MR) is 87.5 cm³/mol. The second-order valence-corrected chi connectivity index (χ2v) is 6.17. The van der Waals surface area contributed by atoms with Crippen LogP contribution in [0.2, 0.25) is 0 Å². The van der Waals surface area contributed by atoms with E-state index < -0.39 is 0 Å². The zero-order valence-corrected chi connectivity index (χ0v) is 13.5. The van der Waals surface area contributed by atoms with Crippen LogP contribution in [0.4, 0.5) is 5.69 Å². The van der Waals surface area contributed by atoms with Crippen LogP contribution in [0, 0.1) is 0 Å². The summed E-state index contributed by atoms with van der Waals surface area (Å²) < 4.78 is 0. The van der Waals surface area contributed by atoms with E-state index in [0.29, 0.717) is 6.54 Å². The summed E-state index contributed by atoms with van der Waals surface area (Å²) in [7, 11) is 5.58. The molecule has 1 aliphatic rings. The van der Waals surface area contributed by atoms with Crippen molar-refractivity contribution < 1.29 is 4.79 Å². The van der Waals surface area contributed by atoms with Gasteiger partial charge in [0.05, 0.1) is 6.54 Å². The fourth-order valence-electron chi connectivity index (χ4n) is 2.70. The van der Waals surface area contributed by atoms with Crippen molar-refractivity contribution in [2.45, 2.75) is 25.8 Å². The number of likely N-dealkylation sites (N-methyl/N-ethyl adjacent to an activating group) is 2. The van der Waals surface area contributed by atoms with Gasteiger partial charge in [-0.2, -0.15) is 0 Å². The topological polar surface area (TPSA) is 26.8 Å². The van der Waals surface area contributed by atoms with E-state index >= 15 is 0 Å². The summed E-state index contributed by atoms with van der Waals surface area (Å²) >= 11 is 0. The molecule has 1 heterocycles. The third-order valence-electron chi connectivity index (χ3n) is 4.01. The summed E-state index contributed by atoms with van der Waals surface area (Å²) in [6, 6.07) is 8.78. The average Bonchev–Trinajstić information content (AvgIpc) is 2.48. The van der Waals surface area contributed by atoms with Crippen LogP contribution in [0.15, 0.2) is 24.3 Å². The van der Waals surface area contributed by atoms with E-state index in [4.69, 9.17) is 0 Å². The van der Waals surface area contributed by atoms with Gasteiger partial charge in [0.1, 0.15) is 0 Å². The largest absolute Gasteiger partial charge is 0.372 e. The Bertz CT molecular complexity index is 450. The van der Waals surface area contributed by atoms with Gasteiger partial charge in [-0.1, -0.05) is 12.1 Å². The van der Waals surface area contributed by atoms with Crippen LogP contribution in [0.3, 0.4) is 0 Å². The summed E-state index contributed by atoms with van der Waals surface area (Å²) in [6.07, 6.45) is 3.97. The summed E-state index contributed by atoms with van der Waals surface area (Å²) in [5.41, 5.74) is 2.58. The molecule has 4 nitrogen and oxygen atoms in total. The molecule has 0 radical (unpaired) electrons. The van der Waals surface area contributed by atoms with Crippen LogP contribution in [-0.2, 0) is 11.3 Å². The zero-order chi connectivity index (χ0) is 15.2. The third-order valence-corrected chi connectivity index (χ3v) is 4.01. The highest BCUT2D eigenvalue weighted by atomic mass is 16.2.